The number of hydrogen-bond acceptors (Lipinski definition) is 2. The first kappa shape index (κ1) is 21.6. The molecule has 3 aromatic carbocycles. The molecule has 0 fully saturated rings. The topological polar surface area (TPSA) is 32.3 Å². The molecule has 1 amide bonds. The van der Waals surface area contributed by atoms with Crippen molar-refractivity contribution < 1.29 is 4.79 Å². The van der Waals surface area contributed by atoms with Gasteiger partial charge in [-0.05, 0) is 73.2 Å². The average molecular weight is 401 g/mol. The van der Waals surface area contributed by atoms with Gasteiger partial charge < -0.3 is 0 Å². The largest absolute Gasteiger partial charge is 0.291 e. The van der Waals surface area contributed by atoms with Crippen molar-refractivity contribution in [2.45, 2.75) is 52.4 Å². The van der Waals surface area contributed by atoms with Crippen LogP contribution in [0, 0.1) is 0 Å². The van der Waals surface area contributed by atoms with Crippen LogP contribution in [0.4, 0.5) is 11.4 Å². The van der Waals surface area contributed by atoms with Gasteiger partial charge in [0.25, 0.3) is 5.91 Å². The summed E-state index contributed by atoms with van der Waals surface area (Å²) in [6.45, 7) is 4.41. The van der Waals surface area contributed by atoms with Gasteiger partial charge in [0, 0.05) is 5.56 Å². The molecule has 0 spiro atoms. The molecule has 0 aromatic heterocycles. The van der Waals surface area contributed by atoms with E-state index in [1.807, 2.05) is 54.6 Å². The minimum atomic E-state index is -0.0769. The Morgan fingerprint density at radius 3 is 1.80 bits per heavy atom. The van der Waals surface area contributed by atoms with Crippen LogP contribution in [-0.2, 0) is 12.8 Å². The Hall–Kier alpha value is -3.07. The van der Waals surface area contributed by atoms with Crippen LogP contribution in [0.15, 0.2) is 78.9 Å². The summed E-state index contributed by atoms with van der Waals surface area (Å²) in [5.74, 6) is -0.0769. The second kappa shape index (κ2) is 11.2. The van der Waals surface area contributed by atoms with E-state index in [1.54, 1.807) is 5.01 Å². The van der Waals surface area contributed by atoms with E-state index in [9.17, 15) is 4.79 Å². The summed E-state index contributed by atoms with van der Waals surface area (Å²) in [5, 5.41) is 1.64. The van der Waals surface area contributed by atoms with Gasteiger partial charge in [0.15, 0.2) is 0 Å². The van der Waals surface area contributed by atoms with E-state index >= 15 is 0 Å². The van der Waals surface area contributed by atoms with E-state index in [2.05, 4.69) is 43.5 Å². The fraction of sp³-hybridized carbons (Fsp3) is 0.296. The maximum absolute atomic E-state index is 13.3. The lowest BCUT2D eigenvalue weighted by Gasteiger charge is -2.25. The molecule has 0 radical (unpaired) electrons. The van der Waals surface area contributed by atoms with Crippen LogP contribution in [0.1, 0.15) is 61.0 Å². The van der Waals surface area contributed by atoms with E-state index in [4.69, 9.17) is 0 Å². The van der Waals surface area contributed by atoms with Crippen molar-refractivity contribution in [3.8, 4) is 0 Å². The van der Waals surface area contributed by atoms with Gasteiger partial charge >= 0.3 is 0 Å². The zero-order valence-corrected chi connectivity index (χ0v) is 18.1. The normalized spacial score (nSPS) is 10.6. The number of nitrogens with zero attached hydrogens (tertiary/aromatic N) is 1. The molecule has 0 unspecified atom stereocenters. The lowest BCUT2D eigenvalue weighted by molar-refractivity contribution is 0.0992. The summed E-state index contributed by atoms with van der Waals surface area (Å²) < 4.78 is 0. The van der Waals surface area contributed by atoms with Gasteiger partial charge in [0.05, 0.1) is 11.4 Å². The average Bonchev–Trinajstić information content (AvgIpc) is 2.81. The molecule has 0 saturated carbocycles. The first-order chi connectivity index (χ1) is 14.7. The highest BCUT2D eigenvalue weighted by Crippen LogP contribution is 2.21. The van der Waals surface area contributed by atoms with Crippen molar-refractivity contribution in [1.29, 1.82) is 0 Å². The Morgan fingerprint density at radius 2 is 1.27 bits per heavy atom. The van der Waals surface area contributed by atoms with Crippen molar-refractivity contribution in [2.75, 3.05) is 10.4 Å². The third-order valence-corrected chi connectivity index (χ3v) is 5.25. The standard InChI is InChI=1S/C27H32N2O/c1-3-5-10-22-14-18-25(19-15-22)28-29(27(30)24-12-8-7-9-13-24)26-20-16-23(17-21-26)11-6-4-2/h7-9,12-21,28H,3-6,10-11H2,1-2H3. The molecule has 30 heavy (non-hydrogen) atoms. The predicted octanol–water partition coefficient (Wildman–Crippen LogP) is 7.05. The summed E-state index contributed by atoms with van der Waals surface area (Å²) in [4.78, 5) is 13.3. The van der Waals surface area contributed by atoms with Gasteiger partial charge in [-0.25, -0.2) is 5.01 Å². The zero-order valence-electron chi connectivity index (χ0n) is 18.1. The van der Waals surface area contributed by atoms with Crippen LogP contribution < -0.4 is 10.4 Å². The molecule has 1 N–H and O–H groups in total. The Balaban J connectivity index is 1.83. The van der Waals surface area contributed by atoms with Gasteiger partial charge in [0.2, 0.25) is 0 Å². The molecular weight excluding hydrogens is 368 g/mol. The lowest BCUT2D eigenvalue weighted by Crippen LogP contribution is -2.36. The Kier molecular flexibility index (Phi) is 8.08. The highest BCUT2D eigenvalue weighted by atomic mass is 16.2. The monoisotopic (exact) mass is 400 g/mol. The summed E-state index contributed by atoms with van der Waals surface area (Å²) in [6, 6.07) is 26.0. The Morgan fingerprint density at radius 1 is 0.733 bits per heavy atom. The van der Waals surface area contributed by atoms with E-state index in [-0.39, 0.29) is 5.91 Å². The number of unbranched alkanes of at least 4 members (excludes halogenated alkanes) is 2. The minimum Gasteiger partial charge on any atom is -0.291 e. The van der Waals surface area contributed by atoms with Crippen molar-refractivity contribution in [3.63, 3.8) is 0 Å². The van der Waals surface area contributed by atoms with Crippen molar-refractivity contribution >= 4 is 17.3 Å². The molecule has 0 aliphatic rings. The molecule has 0 aliphatic carbocycles. The first-order valence-corrected chi connectivity index (χ1v) is 11.0. The molecule has 3 aromatic rings. The van der Waals surface area contributed by atoms with Crippen LogP contribution in [0.25, 0.3) is 0 Å². The lowest BCUT2D eigenvalue weighted by atomic mass is 10.1. The SMILES string of the molecule is CCCCc1ccc(NN(C(=O)c2ccccc2)c2ccc(CCCC)cc2)cc1. The third kappa shape index (κ3) is 5.96. The van der Waals surface area contributed by atoms with Crippen LogP contribution in [0.3, 0.4) is 0 Å². The number of hydrazine groups is 1. The molecule has 156 valence electrons. The van der Waals surface area contributed by atoms with Gasteiger partial charge in [-0.3, -0.25) is 10.2 Å². The van der Waals surface area contributed by atoms with Gasteiger partial charge in [0.1, 0.15) is 0 Å². The van der Waals surface area contributed by atoms with Crippen molar-refractivity contribution in [2.24, 2.45) is 0 Å². The molecule has 3 nitrogen and oxygen atoms in total. The summed E-state index contributed by atoms with van der Waals surface area (Å²) in [6.07, 6.45) is 6.88. The van der Waals surface area contributed by atoms with E-state index in [0.29, 0.717) is 5.56 Å². The van der Waals surface area contributed by atoms with E-state index in [1.165, 1.54) is 36.8 Å². The fourth-order valence-corrected chi connectivity index (χ4v) is 3.39. The number of aryl methyl sites for hydroxylation is 2. The first-order valence-electron chi connectivity index (χ1n) is 11.0. The van der Waals surface area contributed by atoms with Crippen LogP contribution >= 0.6 is 0 Å². The zero-order chi connectivity index (χ0) is 21.2. The van der Waals surface area contributed by atoms with Crippen LogP contribution in [0.5, 0.6) is 0 Å². The fourth-order valence-electron chi connectivity index (χ4n) is 3.39. The molecule has 0 bridgehead atoms. The Bertz CT molecular complexity index is 902. The van der Waals surface area contributed by atoms with Crippen molar-refractivity contribution in [1.82, 2.24) is 0 Å². The number of hydrogen-bond donors (Lipinski definition) is 1. The van der Waals surface area contributed by atoms with Gasteiger partial charge in [-0.1, -0.05) is 69.2 Å². The molecule has 3 rings (SSSR count). The summed E-state index contributed by atoms with van der Waals surface area (Å²) in [5.41, 5.74) is 8.33. The summed E-state index contributed by atoms with van der Waals surface area (Å²) in [7, 11) is 0. The second-order valence-electron chi connectivity index (χ2n) is 7.69. The highest BCUT2D eigenvalue weighted by Gasteiger charge is 2.18. The van der Waals surface area contributed by atoms with E-state index in [0.717, 1.165) is 24.2 Å². The molecule has 0 heterocycles. The predicted molar refractivity (Wildman–Crippen MR) is 127 cm³/mol. The molecule has 0 aliphatic heterocycles. The number of rotatable bonds is 10. The highest BCUT2D eigenvalue weighted by molar-refractivity contribution is 6.07. The number of amides is 1. The second-order valence-corrected chi connectivity index (χ2v) is 7.69. The Labute approximate surface area is 180 Å². The molecular formula is C27H32N2O. The number of benzene rings is 3. The van der Waals surface area contributed by atoms with Crippen LogP contribution in [-0.4, -0.2) is 5.91 Å². The minimum absolute atomic E-state index is 0.0769. The smallest absolute Gasteiger partial charge is 0.276 e. The maximum atomic E-state index is 13.3. The maximum Gasteiger partial charge on any atom is 0.276 e. The number of nitrogens with one attached hydrogen (secondary N) is 1. The molecule has 3 heteroatoms. The summed E-state index contributed by atoms with van der Waals surface area (Å²) >= 11 is 0. The number of carbonyl (C=O) groups is 1. The van der Waals surface area contributed by atoms with E-state index < -0.39 is 0 Å². The third-order valence-electron chi connectivity index (χ3n) is 5.25. The quantitative estimate of drug-likeness (QED) is 0.370. The number of carbonyl (C=O) groups excluding carboxylic acids is 1. The molecule has 0 saturated heterocycles. The van der Waals surface area contributed by atoms with Gasteiger partial charge in [-0.2, -0.15) is 0 Å². The van der Waals surface area contributed by atoms with Crippen molar-refractivity contribution in [3.05, 3.63) is 95.6 Å². The number of anilines is 2. The molecule has 0 atom stereocenters. The van der Waals surface area contributed by atoms with Crippen LogP contribution in [0.2, 0.25) is 0 Å². The van der Waals surface area contributed by atoms with Gasteiger partial charge in [-0.15, -0.1) is 0 Å².